The minimum atomic E-state index is 0.813. The highest BCUT2D eigenvalue weighted by molar-refractivity contribution is 5.00. The van der Waals surface area contributed by atoms with Crippen molar-refractivity contribution in [2.24, 2.45) is 23.7 Å². The van der Waals surface area contributed by atoms with E-state index in [4.69, 9.17) is 0 Å². The van der Waals surface area contributed by atoms with Crippen LogP contribution in [-0.4, -0.2) is 36.6 Å². The van der Waals surface area contributed by atoms with Crippen LogP contribution in [0.2, 0.25) is 0 Å². The molecule has 1 N–H and O–H groups in total. The fourth-order valence-electron chi connectivity index (χ4n) is 4.66. The van der Waals surface area contributed by atoms with Crippen molar-refractivity contribution in [2.45, 2.75) is 52.1 Å². The highest BCUT2D eigenvalue weighted by atomic mass is 15.2. The summed E-state index contributed by atoms with van der Waals surface area (Å²) in [5.74, 6) is 3.70. The van der Waals surface area contributed by atoms with Crippen LogP contribution in [0.25, 0.3) is 0 Å². The van der Waals surface area contributed by atoms with Crippen molar-refractivity contribution in [3.05, 3.63) is 0 Å². The van der Waals surface area contributed by atoms with Crippen LogP contribution in [0.1, 0.15) is 40.0 Å². The quantitative estimate of drug-likeness (QED) is 0.752. The number of hydrogen-bond donors (Lipinski definition) is 1. The van der Waals surface area contributed by atoms with Gasteiger partial charge < -0.3 is 5.32 Å². The fraction of sp³-hybridized carbons (Fsp3) is 1.00. The third-order valence-corrected chi connectivity index (χ3v) is 6.07. The summed E-state index contributed by atoms with van der Waals surface area (Å²) in [7, 11) is 0. The first-order valence-corrected chi connectivity index (χ1v) is 7.65. The Balaban J connectivity index is 1.72. The van der Waals surface area contributed by atoms with Gasteiger partial charge in [-0.1, -0.05) is 26.7 Å². The van der Waals surface area contributed by atoms with E-state index in [-0.39, 0.29) is 0 Å². The van der Waals surface area contributed by atoms with E-state index in [1.165, 1.54) is 38.9 Å². The molecule has 2 heterocycles. The average molecular weight is 236 g/mol. The molecule has 0 aromatic rings. The second kappa shape index (κ2) is 4.55. The van der Waals surface area contributed by atoms with Crippen molar-refractivity contribution in [1.82, 2.24) is 10.2 Å². The first-order chi connectivity index (χ1) is 8.18. The van der Waals surface area contributed by atoms with Gasteiger partial charge in [-0.3, -0.25) is 4.90 Å². The molecule has 6 atom stereocenters. The summed E-state index contributed by atoms with van der Waals surface area (Å²) >= 11 is 0. The van der Waals surface area contributed by atoms with Crippen molar-refractivity contribution in [2.75, 3.05) is 19.6 Å². The summed E-state index contributed by atoms with van der Waals surface area (Å²) in [6.07, 6.45) is 4.35. The maximum Gasteiger partial charge on any atom is 0.0126 e. The van der Waals surface area contributed by atoms with Crippen LogP contribution in [0, 0.1) is 23.7 Å². The van der Waals surface area contributed by atoms with Gasteiger partial charge in [0.2, 0.25) is 0 Å². The molecule has 2 aliphatic heterocycles. The van der Waals surface area contributed by atoms with E-state index in [1.54, 1.807) is 0 Å². The predicted octanol–water partition coefficient (Wildman–Crippen LogP) is 2.35. The van der Waals surface area contributed by atoms with Gasteiger partial charge in [0, 0.05) is 18.6 Å². The lowest BCUT2D eigenvalue weighted by molar-refractivity contribution is 0.0675. The Kier molecular flexibility index (Phi) is 3.20. The Hall–Kier alpha value is -0.0800. The molecule has 17 heavy (non-hydrogen) atoms. The van der Waals surface area contributed by atoms with Gasteiger partial charge in [-0.15, -0.1) is 0 Å². The van der Waals surface area contributed by atoms with Crippen LogP contribution >= 0.6 is 0 Å². The van der Waals surface area contributed by atoms with Crippen LogP contribution in [0.15, 0.2) is 0 Å². The molecule has 1 saturated carbocycles. The second-order valence-electron chi connectivity index (χ2n) is 6.85. The summed E-state index contributed by atoms with van der Waals surface area (Å²) in [6, 6.07) is 1.69. The molecule has 3 fully saturated rings. The van der Waals surface area contributed by atoms with E-state index in [1.807, 2.05) is 0 Å². The van der Waals surface area contributed by atoms with E-state index >= 15 is 0 Å². The van der Waals surface area contributed by atoms with Gasteiger partial charge in [-0.2, -0.15) is 0 Å². The summed E-state index contributed by atoms with van der Waals surface area (Å²) in [5, 5.41) is 3.57. The second-order valence-corrected chi connectivity index (χ2v) is 6.85. The van der Waals surface area contributed by atoms with Crippen LogP contribution in [-0.2, 0) is 0 Å². The monoisotopic (exact) mass is 236 g/mol. The van der Waals surface area contributed by atoms with Crippen molar-refractivity contribution < 1.29 is 0 Å². The molecule has 2 heteroatoms. The Morgan fingerprint density at radius 3 is 2.65 bits per heavy atom. The molecular weight excluding hydrogens is 208 g/mol. The van der Waals surface area contributed by atoms with Crippen molar-refractivity contribution in [3.8, 4) is 0 Å². The van der Waals surface area contributed by atoms with E-state index in [0.717, 1.165) is 35.8 Å². The zero-order chi connectivity index (χ0) is 12.0. The van der Waals surface area contributed by atoms with Gasteiger partial charge in [0.1, 0.15) is 0 Å². The third kappa shape index (κ3) is 1.94. The molecule has 0 radical (unpaired) electrons. The lowest BCUT2D eigenvalue weighted by atomic mass is 9.77. The summed E-state index contributed by atoms with van der Waals surface area (Å²) in [5.41, 5.74) is 0. The SMILES string of the molecule is CC1CCCC(N2CC3CNCC3C2C)C1C. The number of rotatable bonds is 1. The summed E-state index contributed by atoms with van der Waals surface area (Å²) in [6.45, 7) is 11.3. The zero-order valence-corrected chi connectivity index (χ0v) is 11.7. The van der Waals surface area contributed by atoms with Crippen LogP contribution in [0.5, 0.6) is 0 Å². The minimum absolute atomic E-state index is 0.813. The van der Waals surface area contributed by atoms with Gasteiger partial charge in [0.25, 0.3) is 0 Å². The van der Waals surface area contributed by atoms with Crippen LogP contribution in [0.3, 0.4) is 0 Å². The summed E-state index contributed by atoms with van der Waals surface area (Å²) in [4.78, 5) is 2.87. The lowest BCUT2D eigenvalue weighted by Crippen LogP contribution is -2.47. The van der Waals surface area contributed by atoms with E-state index in [9.17, 15) is 0 Å². The number of fused-ring (bicyclic) bond motifs is 1. The normalized spacial score (nSPS) is 51.7. The van der Waals surface area contributed by atoms with Crippen LogP contribution in [0.4, 0.5) is 0 Å². The smallest absolute Gasteiger partial charge is 0.0126 e. The minimum Gasteiger partial charge on any atom is -0.316 e. The first-order valence-electron chi connectivity index (χ1n) is 7.65. The van der Waals surface area contributed by atoms with Crippen LogP contribution < -0.4 is 5.32 Å². The van der Waals surface area contributed by atoms with Crippen molar-refractivity contribution >= 4 is 0 Å². The number of likely N-dealkylation sites (tertiary alicyclic amines) is 1. The van der Waals surface area contributed by atoms with Crippen molar-refractivity contribution in [3.63, 3.8) is 0 Å². The molecule has 0 amide bonds. The van der Waals surface area contributed by atoms with E-state index in [2.05, 4.69) is 31.0 Å². The maximum absolute atomic E-state index is 3.57. The maximum atomic E-state index is 3.57. The van der Waals surface area contributed by atoms with Crippen molar-refractivity contribution in [1.29, 1.82) is 0 Å². The molecule has 0 spiro atoms. The molecule has 0 aromatic heterocycles. The zero-order valence-electron chi connectivity index (χ0n) is 11.7. The van der Waals surface area contributed by atoms with Gasteiger partial charge in [-0.25, -0.2) is 0 Å². The molecule has 1 aliphatic carbocycles. The molecule has 0 aromatic carbocycles. The highest BCUT2D eigenvalue weighted by Crippen LogP contribution is 2.40. The molecule has 2 nitrogen and oxygen atoms in total. The lowest BCUT2D eigenvalue weighted by Gasteiger charge is -2.42. The number of nitrogens with zero attached hydrogens (tertiary/aromatic N) is 1. The van der Waals surface area contributed by atoms with E-state index in [0.29, 0.717) is 0 Å². The van der Waals surface area contributed by atoms with Gasteiger partial charge >= 0.3 is 0 Å². The topological polar surface area (TPSA) is 15.3 Å². The average Bonchev–Trinajstić information content (AvgIpc) is 2.87. The Labute approximate surface area is 106 Å². The fourth-order valence-corrected chi connectivity index (χ4v) is 4.66. The Morgan fingerprint density at radius 2 is 1.88 bits per heavy atom. The standard InChI is InChI=1S/C15H28N2/c1-10-5-4-6-15(11(10)2)17-9-13-7-16-8-14(13)12(17)3/h10-16H,4-9H2,1-3H3. The molecule has 3 aliphatic rings. The first kappa shape index (κ1) is 12.0. The van der Waals surface area contributed by atoms with Gasteiger partial charge in [-0.05, 0) is 50.1 Å². The summed E-state index contributed by atoms with van der Waals surface area (Å²) < 4.78 is 0. The molecule has 3 rings (SSSR count). The largest absolute Gasteiger partial charge is 0.316 e. The Morgan fingerprint density at radius 1 is 1.06 bits per heavy atom. The Bertz CT molecular complexity index is 278. The molecule has 98 valence electrons. The molecule has 2 saturated heterocycles. The third-order valence-electron chi connectivity index (χ3n) is 6.07. The molecule has 6 unspecified atom stereocenters. The molecular formula is C15H28N2. The number of hydrogen-bond acceptors (Lipinski definition) is 2. The number of nitrogens with one attached hydrogen (secondary N) is 1. The van der Waals surface area contributed by atoms with E-state index < -0.39 is 0 Å². The molecule has 0 bridgehead atoms. The van der Waals surface area contributed by atoms with Gasteiger partial charge in [0.05, 0.1) is 0 Å². The predicted molar refractivity (Wildman–Crippen MR) is 72.0 cm³/mol. The highest BCUT2D eigenvalue weighted by Gasteiger charge is 2.46. The van der Waals surface area contributed by atoms with Gasteiger partial charge in [0.15, 0.2) is 0 Å².